The van der Waals surface area contributed by atoms with Crippen LogP contribution in [0.3, 0.4) is 0 Å². The largest absolute Gasteiger partial charge is 0.435 e. The molecule has 1 unspecified atom stereocenters. The van der Waals surface area contributed by atoms with Crippen LogP contribution in [0.25, 0.3) is 0 Å². The van der Waals surface area contributed by atoms with E-state index in [0.29, 0.717) is 12.2 Å². The van der Waals surface area contributed by atoms with Gasteiger partial charge in [-0.3, -0.25) is 4.79 Å². The molecule has 0 radical (unpaired) electrons. The van der Waals surface area contributed by atoms with Crippen LogP contribution in [0.5, 0.6) is 5.75 Å². The summed E-state index contributed by atoms with van der Waals surface area (Å²) in [6.45, 7) is 0.557. The molecule has 1 aliphatic rings. The van der Waals surface area contributed by atoms with E-state index in [1.54, 1.807) is 12.1 Å². The number of carbonyl (C=O) groups excluding carboxylic acids is 1. The summed E-state index contributed by atoms with van der Waals surface area (Å²) < 4.78 is 28.6. The average Bonchev–Trinajstić information content (AvgIpc) is 2.39. The summed E-state index contributed by atoms with van der Waals surface area (Å²) in [4.78, 5) is 12.3. The zero-order valence-corrected chi connectivity index (χ0v) is 12.5. The van der Waals surface area contributed by atoms with E-state index in [1.165, 1.54) is 12.1 Å². The summed E-state index contributed by atoms with van der Waals surface area (Å²) in [5.41, 5.74) is -0.0161. The number of hydrogen-bond donors (Lipinski definition) is 2. The lowest BCUT2D eigenvalue weighted by atomic mass is 9.82. The Hall–Kier alpha value is -1.40. The van der Waals surface area contributed by atoms with Crippen LogP contribution >= 0.6 is 12.4 Å². The molecule has 1 heterocycles. The molecule has 1 aromatic carbocycles. The molecular formula is C14H19ClF2N2O2. The molecule has 1 fully saturated rings. The molecule has 0 saturated carbocycles. The Morgan fingerprint density at radius 3 is 2.86 bits per heavy atom. The minimum Gasteiger partial charge on any atom is -0.435 e. The lowest BCUT2D eigenvalue weighted by Gasteiger charge is -2.32. The van der Waals surface area contributed by atoms with E-state index in [0.717, 1.165) is 19.4 Å². The van der Waals surface area contributed by atoms with Crippen LogP contribution < -0.4 is 15.4 Å². The molecule has 2 N–H and O–H groups in total. The number of ether oxygens (including phenoxy) is 1. The maximum absolute atomic E-state index is 12.3. The SMILES string of the molecule is CC1(C(=O)Nc2cccc(OC(F)F)c2)CCCNC1.Cl. The summed E-state index contributed by atoms with van der Waals surface area (Å²) in [5, 5.41) is 5.96. The minimum atomic E-state index is -2.87. The van der Waals surface area contributed by atoms with Gasteiger partial charge in [-0.05, 0) is 38.4 Å². The predicted molar refractivity (Wildman–Crippen MR) is 79.2 cm³/mol. The number of halogens is 3. The van der Waals surface area contributed by atoms with Crippen molar-refractivity contribution in [3.63, 3.8) is 0 Å². The predicted octanol–water partition coefficient (Wildman–Crippen LogP) is 3.04. The molecule has 1 aromatic rings. The van der Waals surface area contributed by atoms with Gasteiger partial charge in [0.2, 0.25) is 5.91 Å². The maximum Gasteiger partial charge on any atom is 0.387 e. The van der Waals surface area contributed by atoms with Gasteiger partial charge in [-0.25, -0.2) is 0 Å². The van der Waals surface area contributed by atoms with E-state index >= 15 is 0 Å². The third-order valence-electron chi connectivity index (χ3n) is 3.46. The van der Waals surface area contributed by atoms with Crippen LogP contribution in [0.2, 0.25) is 0 Å². The molecule has 0 aliphatic carbocycles. The topological polar surface area (TPSA) is 50.4 Å². The Bertz CT molecular complexity index is 480. The third-order valence-corrected chi connectivity index (χ3v) is 3.46. The molecule has 0 aromatic heterocycles. The molecule has 21 heavy (non-hydrogen) atoms. The Kier molecular flexibility index (Phi) is 6.36. The number of hydrogen-bond acceptors (Lipinski definition) is 3. The van der Waals surface area contributed by atoms with Gasteiger partial charge in [0.25, 0.3) is 0 Å². The molecule has 7 heteroatoms. The van der Waals surface area contributed by atoms with E-state index in [1.807, 2.05) is 6.92 Å². The fourth-order valence-electron chi connectivity index (χ4n) is 2.28. The average molecular weight is 321 g/mol. The second-order valence-corrected chi connectivity index (χ2v) is 5.20. The van der Waals surface area contributed by atoms with Gasteiger partial charge in [-0.2, -0.15) is 8.78 Å². The summed E-state index contributed by atoms with van der Waals surface area (Å²) in [7, 11) is 0. The van der Waals surface area contributed by atoms with Gasteiger partial charge in [-0.1, -0.05) is 6.07 Å². The molecule has 1 aliphatic heterocycles. The number of nitrogens with one attached hydrogen (secondary N) is 2. The summed E-state index contributed by atoms with van der Waals surface area (Å²) in [6, 6.07) is 6.03. The van der Waals surface area contributed by atoms with Crippen LogP contribution in [-0.2, 0) is 4.79 Å². The molecule has 118 valence electrons. The fourth-order valence-corrected chi connectivity index (χ4v) is 2.28. The number of benzene rings is 1. The van der Waals surface area contributed by atoms with Gasteiger partial charge in [0.05, 0.1) is 5.41 Å². The zero-order chi connectivity index (χ0) is 14.6. The third kappa shape index (κ3) is 4.82. The van der Waals surface area contributed by atoms with Crippen molar-refractivity contribution >= 4 is 24.0 Å². The highest BCUT2D eigenvalue weighted by atomic mass is 35.5. The Labute approximate surface area is 128 Å². The summed E-state index contributed by atoms with van der Waals surface area (Å²) >= 11 is 0. The van der Waals surface area contributed by atoms with Crippen molar-refractivity contribution in [2.45, 2.75) is 26.4 Å². The number of piperidine rings is 1. The highest BCUT2D eigenvalue weighted by Gasteiger charge is 2.34. The smallest absolute Gasteiger partial charge is 0.387 e. The van der Waals surface area contributed by atoms with Gasteiger partial charge in [0, 0.05) is 18.3 Å². The van der Waals surface area contributed by atoms with Crippen LogP contribution in [0.4, 0.5) is 14.5 Å². The Morgan fingerprint density at radius 2 is 2.24 bits per heavy atom. The van der Waals surface area contributed by atoms with Crippen molar-refractivity contribution in [2.24, 2.45) is 5.41 Å². The van der Waals surface area contributed by atoms with Crippen LogP contribution in [-0.4, -0.2) is 25.6 Å². The van der Waals surface area contributed by atoms with Crippen molar-refractivity contribution in [3.05, 3.63) is 24.3 Å². The van der Waals surface area contributed by atoms with Gasteiger partial charge in [0.15, 0.2) is 0 Å². The van der Waals surface area contributed by atoms with Gasteiger partial charge in [0.1, 0.15) is 5.75 Å². The van der Waals surface area contributed by atoms with Crippen LogP contribution in [0.15, 0.2) is 24.3 Å². The first-order valence-electron chi connectivity index (χ1n) is 6.57. The van der Waals surface area contributed by atoms with E-state index in [4.69, 9.17) is 0 Å². The van der Waals surface area contributed by atoms with E-state index in [9.17, 15) is 13.6 Å². The highest BCUT2D eigenvalue weighted by Crippen LogP contribution is 2.28. The first-order chi connectivity index (χ1) is 9.49. The zero-order valence-electron chi connectivity index (χ0n) is 11.7. The van der Waals surface area contributed by atoms with Crippen LogP contribution in [0, 0.1) is 5.41 Å². The lowest BCUT2D eigenvalue weighted by Crippen LogP contribution is -2.46. The standard InChI is InChI=1S/C14H18F2N2O2.ClH/c1-14(6-3-7-17-9-14)12(19)18-10-4-2-5-11(8-10)20-13(15)16;/h2,4-5,8,13,17H,3,6-7,9H2,1H3,(H,18,19);1H. The van der Waals surface area contributed by atoms with Crippen molar-refractivity contribution in [1.29, 1.82) is 0 Å². The highest BCUT2D eigenvalue weighted by molar-refractivity contribution is 5.95. The molecule has 1 atom stereocenters. The van der Waals surface area contributed by atoms with E-state index in [2.05, 4.69) is 15.4 Å². The van der Waals surface area contributed by atoms with Crippen molar-refractivity contribution < 1.29 is 18.3 Å². The molecule has 0 bridgehead atoms. The fraction of sp³-hybridized carbons (Fsp3) is 0.500. The molecule has 2 rings (SSSR count). The summed E-state index contributed by atoms with van der Waals surface area (Å²) in [5.74, 6) is -0.0800. The van der Waals surface area contributed by atoms with E-state index < -0.39 is 12.0 Å². The van der Waals surface area contributed by atoms with Gasteiger partial charge >= 0.3 is 6.61 Å². The molecule has 1 amide bonds. The maximum atomic E-state index is 12.3. The Morgan fingerprint density at radius 1 is 1.48 bits per heavy atom. The van der Waals surface area contributed by atoms with Gasteiger partial charge in [-0.15, -0.1) is 12.4 Å². The molecule has 4 nitrogen and oxygen atoms in total. The normalized spacial score (nSPS) is 21.5. The molecule has 0 spiro atoms. The summed E-state index contributed by atoms with van der Waals surface area (Å²) in [6.07, 6.45) is 1.75. The van der Waals surface area contributed by atoms with Crippen LogP contribution in [0.1, 0.15) is 19.8 Å². The first kappa shape index (κ1) is 17.7. The monoisotopic (exact) mass is 320 g/mol. The second-order valence-electron chi connectivity index (χ2n) is 5.20. The molecule has 1 saturated heterocycles. The molecular weight excluding hydrogens is 302 g/mol. The van der Waals surface area contributed by atoms with Crippen molar-refractivity contribution in [2.75, 3.05) is 18.4 Å². The number of anilines is 1. The second kappa shape index (κ2) is 7.56. The number of carbonyl (C=O) groups is 1. The first-order valence-corrected chi connectivity index (χ1v) is 6.57. The number of rotatable bonds is 4. The number of alkyl halides is 2. The van der Waals surface area contributed by atoms with Gasteiger partial charge < -0.3 is 15.4 Å². The van der Waals surface area contributed by atoms with Crippen molar-refractivity contribution in [1.82, 2.24) is 5.32 Å². The Balaban J connectivity index is 0.00000220. The minimum absolute atomic E-state index is 0. The lowest BCUT2D eigenvalue weighted by molar-refractivity contribution is -0.125. The van der Waals surface area contributed by atoms with E-state index in [-0.39, 0.29) is 24.1 Å². The van der Waals surface area contributed by atoms with Crippen molar-refractivity contribution in [3.8, 4) is 5.75 Å². The quantitative estimate of drug-likeness (QED) is 0.896. The number of amides is 1.